The third-order valence-electron chi connectivity index (χ3n) is 4.01. The van der Waals surface area contributed by atoms with Crippen LogP contribution in [-0.4, -0.2) is 28.2 Å². The van der Waals surface area contributed by atoms with Crippen LogP contribution in [0.3, 0.4) is 0 Å². The first-order valence-electron chi connectivity index (χ1n) is 7.12. The molecule has 19 heavy (non-hydrogen) atoms. The minimum absolute atomic E-state index is 0.227. The van der Waals surface area contributed by atoms with Crippen LogP contribution in [-0.2, 0) is 4.79 Å². The van der Waals surface area contributed by atoms with Gasteiger partial charge in [-0.15, -0.1) is 0 Å². The summed E-state index contributed by atoms with van der Waals surface area (Å²) in [6.07, 6.45) is 2.45. The SMILES string of the molecule is O=C1CCC(c2ccccc2)CCCCC(O)C1O. The Balaban J connectivity index is 2.05. The van der Waals surface area contributed by atoms with Gasteiger partial charge in [-0.05, 0) is 30.7 Å². The van der Waals surface area contributed by atoms with Crippen molar-refractivity contribution in [3.05, 3.63) is 35.9 Å². The number of ketones is 1. The van der Waals surface area contributed by atoms with Gasteiger partial charge in [0.05, 0.1) is 6.10 Å². The Morgan fingerprint density at radius 2 is 1.63 bits per heavy atom. The molecule has 2 N–H and O–H groups in total. The summed E-state index contributed by atoms with van der Waals surface area (Å²) in [5, 5.41) is 19.4. The highest BCUT2D eigenvalue weighted by Crippen LogP contribution is 2.29. The van der Waals surface area contributed by atoms with E-state index in [1.165, 1.54) is 5.56 Å². The fourth-order valence-corrected chi connectivity index (χ4v) is 2.78. The Bertz CT molecular complexity index is 402. The van der Waals surface area contributed by atoms with Crippen LogP contribution in [0.5, 0.6) is 0 Å². The zero-order chi connectivity index (χ0) is 13.7. The fourth-order valence-electron chi connectivity index (χ4n) is 2.78. The van der Waals surface area contributed by atoms with E-state index in [0.717, 1.165) is 25.7 Å². The van der Waals surface area contributed by atoms with Crippen molar-refractivity contribution in [2.45, 2.75) is 56.7 Å². The molecule has 0 aromatic heterocycles. The van der Waals surface area contributed by atoms with Gasteiger partial charge in [0.2, 0.25) is 0 Å². The Hall–Kier alpha value is -1.19. The third kappa shape index (κ3) is 3.88. The molecule has 1 fully saturated rings. The Kier molecular flexibility index (Phi) is 5.11. The van der Waals surface area contributed by atoms with Crippen molar-refractivity contribution >= 4 is 5.78 Å². The lowest BCUT2D eigenvalue weighted by molar-refractivity contribution is -0.133. The molecule has 0 spiro atoms. The zero-order valence-electron chi connectivity index (χ0n) is 11.2. The van der Waals surface area contributed by atoms with Crippen molar-refractivity contribution < 1.29 is 15.0 Å². The van der Waals surface area contributed by atoms with E-state index < -0.39 is 12.2 Å². The molecule has 3 heteroatoms. The lowest BCUT2D eigenvalue weighted by Gasteiger charge is -2.22. The standard InChI is InChI=1S/C16H22O3/c17-14-9-5-4-8-13(10-11-15(18)16(14)19)12-6-2-1-3-7-12/h1-3,6-7,13-14,16-17,19H,4-5,8-11H2. The van der Waals surface area contributed by atoms with E-state index in [1.807, 2.05) is 18.2 Å². The second-order valence-corrected chi connectivity index (χ2v) is 5.41. The minimum atomic E-state index is -1.20. The van der Waals surface area contributed by atoms with Gasteiger partial charge in [-0.3, -0.25) is 4.79 Å². The van der Waals surface area contributed by atoms with Crippen LogP contribution in [0.2, 0.25) is 0 Å². The number of carbonyl (C=O) groups excluding carboxylic acids is 1. The Labute approximate surface area is 114 Å². The maximum Gasteiger partial charge on any atom is 0.163 e. The van der Waals surface area contributed by atoms with Crippen molar-refractivity contribution in [1.29, 1.82) is 0 Å². The van der Waals surface area contributed by atoms with Gasteiger partial charge in [-0.2, -0.15) is 0 Å². The van der Waals surface area contributed by atoms with E-state index in [1.54, 1.807) is 0 Å². The average Bonchev–Trinajstić information content (AvgIpc) is 2.45. The normalized spacial score (nSPS) is 30.0. The van der Waals surface area contributed by atoms with Gasteiger partial charge >= 0.3 is 0 Å². The van der Waals surface area contributed by atoms with Gasteiger partial charge in [0.25, 0.3) is 0 Å². The molecule has 0 radical (unpaired) electrons. The van der Waals surface area contributed by atoms with Crippen molar-refractivity contribution in [1.82, 2.24) is 0 Å². The largest absolute Gasteiger partial charge is 0.390 e. The number of rotatable bonds is 1. The van der Waals surface area contributed by atoms with Crippen molar-refractivity contribution in [3.63, 3.8) is 0 Å². The van der Waals surface area contributed by atoms with Crippen LogP contribution in [0.1, 0.15) is 50.0 Å². The summed E-state index contributed by atoms with van der Waals surface area (Å²) < 4.78 is 0. The van der Waals surface area contributed by atoms with E-state index >= 15 is 0 Å². The monoisotopic (exact) mass is 262 g/mol. The maximum atomic E-state index is 11.8. The summed E-state index contributed by atoms with van der Waals surface area (Å²) in [5.74, 6) is 0.155. The number of benzene rings is 1. The molecule has 1 aliphatic carbocycles. The maximum absolute atomic E-state index is 11.8. The molecule has 3 nitrogen and oxygen atoms in total. The van der Waals surface area contributed by atoms with E-state index in [9.17, 15) is 15.0 Å². The molecule has 1 aromatic carbocycles. The van der Waals surface area contributed by atoms with Gasteiger partial charge in [-0.25, -0.2) is 0 Å². The first-order valence-corrected chi connectivity index (χ1v) is 7.12. The molecule has 1 aliphatic rings. The van der Waals surface area contributed by atoms with E-state index in [4.69, 9.17) is 0 Å². The Morgan fingerprint density at radius 3 is 2.37 bits per heavy atom. The summed E-state index contributed by atoms with van der Waals surface area (Å²) in [4.78, 5) is 11.8. The molecule has 0 saturated heterocycles. The first-order chi connectivity index (χ1) is 9.18. The van der Waals surface area contributed by atoms with Gasteiger partial charge in [-0.1, -0.05) is 43.2 Å². The van der Waals surface area contributed by atoms with Crippen LogP contribution >= 0.6 is 0 Å². The molecule has 0 amide bonds. The van der Waals surface area contributed by atoms with Crippen LogP contribution in [0.15, 0.2) is 30.3 Å². The molecule has 0 bridgehead atoms. The van der Waals surface area contributed by atoms with Crippen molar-refractivity contribution in [2.75, 3.05) is 0 Å². The second kappa shape index (κ2) is 6.83. The van der Waals surface area contributed by atoms with E-state index in [-0.39, 0.29) is 5.78 Å². The summed E-state index contributed by atoms with van der Waals surface area (Å²) in [7, 11) is 0. The van der Waals surface area contributed by atoms with Crippen LogP contribution < -0.4 is 0 Å². The molecule has 1 saturated carbocycles. The van der Waals surface area contributed by atoms with Crippen molar-refractivity contribution in [2.24, 2.45) is 0 Å². The van der Waals surface area contributed by atoms with Gasteiger partial charge in [0.1, 0.15) is 6.10 Å². The van der Waals surface area contributed by atoms with Crippen LogP contribution in [0.25, 0.3) is 0 Å². The minimum Gasteiger partial charge on any atom is -0.390 e. The number of aliphatic hydroxyl groups excluding tert-OH is 2. The number of Topliss-reactive ketones (excluding diaryl/α,β-unsaturated/α-hetero) is 1. The third-order valence-corrected chi connectivity index (χ3v) is 4.01. The first kappa shape index (κ1) is 14.2. The topological polar surface area (TPSA) is 57.5 Å². The van der Waals surface area contributed by atoms with E-state index in [0.29, 0.717) is 18.8 Å². The van der Waals surface area contributed by atoms with Gasteiger partial charge < -0.3 is 10.2 Å². The number of hydrogen-bond donors (Lipinski definition) is 2. The highest BCUT2D eigenvalue weighted by molar-refractivity contribution is 5.83. The number of carbonyl (C=O) groups is 1. The van der Waals surface area contributed by atoms with Gasteiger partial charge in [0.15, 0.2) is 5.78 Å². The summed E-state index contributed by atoms with van der Waals surface area (Å²) in [6, 6.07) is 10.2. The zero-order valence-corrected chi connectivity index (χ0v) is 11.2. The quantitative estimate of drug-likeness (QED) is 0.817. The predicted molar refractivity (Wildman–Crippen MR) is 73.9 cm³/mol. The van der Waals surface area contributed by atoms with Crippen molar-refractivity contribution in [3.8, 4) is 0 Å². The molecule has 0 heterocycles. The molecule has 3 unspecified atom stereocenters. The predicted octanol–water partition coefficient (Wildman–Crippen LogP) is 2.42. The Morgan fingerprint density at radius 1 is 0.947 bits per heavy atom. The van der Waals surface area contributed by atoms with Gasteiger partial charge in [0, 0.05) is 6.42 Å². The molecular formula is C16H22O3. The highest BCUT2D eigenvalue weighted by Gasteiger charge is 2.26. The van der Waals surface area contributed by atoms with Crippen LogP contribution in [0, 0.1) is 0 Å². The van der Waals surface area contributed by atoms with Crippen LogP contribution in [0.4, 0.5) is 0 Å². The molecular weight excluding hydrogens is 240 g/mol. The highest BCUT2D eigenvalue weighted by atomic mass is 16.3. The lowest BCUT2D eigenvalue weighted by Crippen LogP contribution is -2.34. The number of hydrogen-bond acceptors (Lipinski definition) is 3. The number of aliphatic hydroxyl groups is 2. The smallest absolute Gasteiger partial charge is 0.163 e. The molecule has 1 aromatic rings. The molecule has 0 aliphatic heterocycles. The summed E-state index contributed by atoms with van der Waals surface area (Å²) in [6.45, 7) is 0. The fraction of sp³-hybridized carbons (Fsp3) is 0.562. The summed E-state index contributed by atoms with van der Waals surface area (Å²) >= 11 is 0. The lowest BCUT2D eigenvalue weighted by atomic mass is 9.85. The second-order valence-electron chi connectivity index (χ2n) is 5.41. The average molecular weight is 262 g/mol. The molecule has 2 rings (SSSR count). The summed E-state index contributed by atoms with van der Waals surface area (Å²) in [5.41, 5.74) is 1.27. The molecule has 3 atom stereocenters. The van der Waals surface area contributed by atoms with E-state index in [2.05, 4.69) is 12.1 Å². The molecule has 104 valence electrons.